The first-order valence-electron chi connectivity index (χ1n) is 6.31. The Balaban J connectivity index is 1.87. The lowest BCUT2D eigenvalue weighted by Gasteiger charge is -2.15. The molecule has 1 atom stereocenters. The lowest BCUT2D eigenvalue weighted by molar-refractivity contribution is 0.164. The Kier molecular flexibility index (Phi) is 2.80. The smallest absolute Gasteiger partial charge is 0.0743 e. The Morgan fingerprint density at radius 2 is 2.17 bits per heavy atom. The van der Waals surface area contributed by atoms with Gasteiger partial charge in [0.1, 0.15) is 0 Å². The quantitative estimate of drug-likeness (QED) is 0.768. The standard InChI is InChI=1S/C14H17N3O/c15-11-7-16-12-4-2-1-3-10(12)14(11)17-8-13(18)9-5-6-9/h1-4,7,9,13,18H,5-6,8,15H2,(H,16,17). The van der Waals surface area contributed by atoms with Gasteiger partial charge in [-0.1, -0.05) is 18.2 Å². The molecule has 0 amide bonds. The van der Waals surface area contributed by atoms with Crippen LogP contribution in [0.25, 0.3) is 10.9 Å². The Morgan fingerprint density at radius 1 is 1.39 bits per heavy atom. The van der Waals surface area contributed by atoms with Crippen molar-refractivity contribution >= 4 is 22.3 Å². The molecule has 0 radical (unpaired) electrons. The maximum absolute atomic E-state index is 9.89. The van der Waals surface area contributed by atoms with E-state index in [4.69, 9.17) is 5.73 Å². The van der Waals surface area contributed by atoms with E-state index in [9.17, 15) is 5.11 Å². The highest BCUT2D eigenvalue weighted by molar-refractivity contribution is 5.96. The maximum atomic E-state index is 9.89. The number of aromatic nitrogens is 1. The number of para-hydroxylation sites is 1. The number of nitrogens with one attached hydrogen (secondary N) is 1. The number of anilines is 2. The average Bonchev–Trinajstić information content (AvgIpc) is 3.21. The lowest BCUT2D eigenvalue weighted by atomic mass is 10.1. The fourth-order valence-corrected chi connectivity index (χ4v) is 2.21. The molecule has 94 valence electrons. The summed E-state index contributed by atoms with van der Waals surface area (Å²) in [5.41, 5.74) is 8.37. The van der Waals surface area contributed by atoms with Gasteiger partial charge in [0.2, 0.25) is 0 Å². The zero-order valence-electron chi connectivity index (χ0n) is 10.1. The second-order valence-corrected chi connectivity index (χ2v) is 4.89. The molecule has 1 aromatic heterocycles. The highest BCUT2D eigenvalue weighted by Crippen LogP contribution is 2.33. The molecule has 3 rings (SSSR count). The fraction of sp³-hybridized carbons (Fsp3) is 0.357. The number of fused-ring (bicyclic) bond motifs is 1. The van der Waals surface area contributed by atoms with E-state index in [-0.39, 0.29) is 6.10 Å². The van der Waals surface area contributed by atoms with Crippen LogP contribution in [0.2, 0.25) is 0 Å². The van der Waals surface area contributed by atoms with Crippen molar-refractivity contribution in [2.45, 2.75) is 18.9 Å². The van der Waals surface area contributed by atoms with E-state index >= 15 is 0 Å². The van der Waals surface area contributed by atoms with E-state index in [1.807, 2.05) is 24.3 Å². The third-order valence-corrected chi connectivity index (χ3v) is 3.46. The Labute approximate surface area is 106 Å². The van der Waals surface area contributed by atoms with Gasteiger partial charge in [-0.3, -0.25) is 4.98 Å². The minimum Gasteiger partial charge on any atom is -0.396 e. The van der Waals surface area contributed by atoms with Crippen LogP contribution in [-0.4, -0.2) is 22.7 Å². The molecule has 1 fully saturated rings. The first kappa shape index (κ1) is 11.3. The Hall–Kier alpha value is -1.81. The summed E-state index contributed by atoms with van der Waals surface area (Å²) < 4.78 is 0. The summed E-state index contributed by atoms with van der Waals surface area (Å²) in [4.78, 5) is 4.29. The van der Waals surface area contributed by atoms with Gasteiger partial charge < -0.3 is 16.2 Å². The number of nitrogen functional groups attached to an aromatic ring is 1. The molecule has 0 bridgehead atoms. The van der Waals surface area contributed by atoms with Crippen molar-refractivity contribution in [3.05, 3.63) is 30.5 Å². The van der Waals surface area contributed by atoms with E-state index in [0.717, 1.165) is 29.4 Å². The van der Waals surface area contributed by atoms with Gasteiger partial charge in [-0.15, -0.1) is 0 Å². The zero-order chi connectivity index (χ0) is 12.5. The second kappa shape index (κ2) is 4.46. The van der Waals surface area contributed by atoms with Gasteiger partial charge in [-0.05, 0) is 24.8 Å². The summed E-state index contributed by atoms with van der Waals surface area (Å²) in [6.07, 6.45) is 3.65. The number of benzene rings is 1. The molecule has 1 saturated carbocycles. The van der Waals surface area contributed by atoms with Gasteiger partial charge in [-0.25, -0.2) is 0 Å². The van der Waals surface area contributed by atoms with Gasteiger partial charge in [0.25, 0.3) is 0 Å². The van der Waals surface area contributed by atoms with Crippen LogP contribution in [0.4, 0.5) is 11.4 Å². The van der Waals surface area contributed by atoms with Crippen LogP contribution < -0.4 is 11.1 Å². The molecular weight excluding hydrogens is 226 g/mol. The molecule has 1 aliphatic rings. The van der Waals surface area contributed by atoms with Gasteiger partial charge in [0, 0.05) is 11.9 Å². The topological polar surface area (TPSA) is 71.2 Å². The predicted molar refractivity (Wildman–Crippen MR) is 73.4 cm³/mol. The van der Waals surface area contributed by atoms with Crippen LogP contribution in [0.15, 0.2) is 30.5 Å². The highest BCUT2D eigenvalue weighted by Gasteiger charge is 2.29. The number of pyridine rings is 1. The molecule has 0 saturated heterocycles. The van der Waals surface area contributed by atoms with Gasteiger partial charge in [0.05, 0.1) is 29.2 Å². The molecule has 1 aromatic carbocycles. The molecule has 1 aliphatic carbocycles. The monoisotopic (exact) mass is 243 g/mol. The number of aliphatic hydroxyl groups is 1. The molecule has 0 spiro atoms. The molecule has 18 heavy (non-hydrogen) atoms. The molecule has 2 aromatic rings. The molecule has 1 unspecified atom stereocenters. The van der Waals surface area contributed by atoms with E-state index in [0.29, 0.717) is 18.2 Å². The summed E-state index contributed by atoms with van der Waals surface area (Å²) in [6, 6.07) is 7.86. The summed E-state index contributed by atoms with van der Waals surface area (Å²) in [5.74, 6) is 0.465. The highest BCUT2D eigenvalue weighted by atomic mass is 16.3. The molecule has 4 heteroatoms. The van der Waals surface area contributed by atoms with E-state index in [1.54, 1.807) is 6.20 Å². The lowest BCUT2D eigenvalue weighted by Crippen LogP contribution is -2.22. The van der Waals surface area contributed by atoms with Crippen LogP contribution in [0.1, 0.15) is 12.8 Å². The van der Waals surface area contributed by atoms with Gasteiger partial charge in [-0.2, -0.15) is 0 Å². The summed E-state index contributed by atoms with van der Waals surface area (Å²) in [6.45, 7) is 0.545. The van der Waals surface area contributed by atoms with Crippen LogP contribution in [0, 0.1) is 5.92 Å². The van der Waals surface area contributed by atoms with Crippen molar-refractivity contribution in [1.29, 1.82) is 0 Å². The van der Waals surface area contributed by atoms with Crippen molar-refractivity contribution in [3.63, 3.8) is 0 Å². The second-order valence-electron chi connectivity index (χ2n) is 4.89. The maximum Gasteiger partial charge on any atom is 0.0743 e. The fourth-order valence-electron chi connectivity index (χ4n) is 2.21. The first-order chi connectivity index (χ1) is 8.75. The van der Waals surface area contributed by atoms with Crippen LogP contribution in [0.5, 0.6) is 0 Å². The molecule has 0 aliphatic heterocycles. The van der Waals surface area contributed by atoms with Crippen LogP contribution in [0.3, 0.4) is 0 Å². The number of hydrogen-bond acceptors (Lipinski definition) is 4. The number of rotatable bonds is 4. The predicted octanol–water partition coefficient (Wildman–Crippen LogP) is 2.00. The van der Waals surface area contributed by atoms with Gasteiger partial charge >= 0.3 is 0 Å². The molecular formula is C14H17N3O. The van der Waals surface area contributed by atoms with Crippen molar-refractivity contribution in [2.24, 2.45) is 5.92 Å². The number of nitrogens with two attached hydrogens (primary N) is 1. The number of nitrogens with zero attached hydrogens (tertiary/aromatic N) is 1. The van der Waals surface area contributed by atoms with E-state index in [2.05, 4.69) is 10.3 Å². The third kappa shape index (κ3) is 2.11. The van der Waals surface area contributed by atoms with Crippen molar-refractivity contribution in [1.82, 2.24) is 4.98 Å². The Bertz CT molecular complexity index is 566. The third-order valence-electron chi connectivity index (χ3n) is 3.46. The zero-order valence-corrected chi connectivity index (χ0v) is 10.1. The summed E-state index contributed by atoms with van der Waals surface area (Å²) in [5, 5.41) is 14.2. The number of hydrogen-bond donors (Lipinski definition) is 3. The SMILES string of the molecule is Nc1cnc2ccccc2c1NCC(O)C1CC1. The minimum absolute atomic E-state index is 0.281. The number of aliphatic hydroxyl groups excluding tert-OH is 1. The minimum atomic E-state index is -0.281. The Morgan fingerprint density at radius 3 is 2.94 bits per heavy atom. The summed E-state index contributed by atoms with van der Waals surface area (Å²) in [7, 11) is 0. The summed E-state index contributed by atoms with van der Waals surface area (Å²) >= 11 is 0. The van der Waals surface area contributed by atoms with Crippen molar-refractivity contribution < 1.29 is 5.11 Å². The molecule has 4 N–H and O–H groups in total. The van der Waals surface area contributed by atoms with E-state index in [1.165, 1.54) is 0 Å². The first-order valence-corrected chi connectivity index (χ1v) is 6.31. The van der Waals surface area contributed by atoms with Crippen LogP contribution in [-0.2, 0) is 0 Å². The largest absolute Gasteiger partial charge is 0.396 e. The molecule has 4 nitrogen and oxygen atoms in total. The van der Waals surface area contributed by atoms with Crippen LogP contribution >= 0.6 is 0 Å². The van der Waals surface area contributed by atoms with Crippen molar-refractivity contribution in [3.8, 4) is 0 Å². The van der Waals surface area contributed by atoms with Crippen molar-refractivity contribution in [2.75, 3.05) is 17.6 Å². The van der Waals surface area contributed by atoms with Gasteiger partial charge in [0.15, 0.2) is 0 Å². The molecule has 1 heterocycles. The average molecular weight is 243 g/mol. The van der Waals surface area contributed by atoms with E-state index < -0.39 is 0 Å². The normalized spacial score (nSPS) is 16.7.